The predicted molar refractivity (Wildman–Crippen MR) is 33.5 cm³/mol. The van der Waals surface area contributed by atoms with E-state index < -0.39 is 17.9 Å². The third kappa shape index (κ3) is 3.83. The summed E-state index contributed by atoms with van der Waals surface area (Å²) < 4.78 is 0. The monoisotopic (exact) mass is 178 g/mol. The molecule has 0 aromatic heterocycles. The topological polar surface area (TPSA) is 80.3 Å². The Labute approximate surface area is 68.8 Å². The van der Waals surface area contributed by atoms with Gasteiger partial charge >= 0.3 is 0 Å². The second-order valence-corrected chi connectivity index (χ2v) is 2.40. The van der Waals surface area contributed by atoms with E-state index in [4.69, 9.17) is 11.6 Å². The molecule has 0 fully saturated rings. The molecule has 0 amide bonds. The minimum Gasteiger partial charge on any atom is -0.549 e. The van der Waals surface area contributed by atoms with E-state index >= 15 is 0 Å². The molecule has 64 valence electrons. The van der Waals surface area contributed by atoms with Gasteiger partial charge in [-0.1, -0.05) is 0 Å². The van der Waals surface area contributed by atoms with Crippen molar-refractivity contribution in [3.05, 3.63) is 0 Å². The van der Waals surface area contributed by atoms with Gasteiger partial charge in [-0.25, -0.2) is 0 Å². The molecule has 0 aliphatic carbocycles. The summed E-state index contributed by atoms with van der Waals surface area (Å²) in [7, 11) is 0. The number of halogens is 1. The van der Waals surface area contributed by atoms with E-state index in [1.165, 1.54) is 0 Å². The molecule has 0 aromatic carbocycles. The summed E-state index contributed by atoms with van der Waals surface area (Å²) in [6.45, 7) is 0. The smallest absolute Gasteiger partial charge is 0.0501 e. The summed E-state index contributed by atoms with van der Waals surface area (Å²) in [6.07, 6.45) is 0.294. The van der Waals surface area contributed by atoms with Gasteiger partial charge in [0, 0.05) is 11.8 Å². The van der Waals surface area contributed by atoms with E-state index in [-0.39, 0.29) is 12.3 Å². The predicted octanol–water partition coefficient (Wildman–Crippen LogP) is -1.88. The van der Waals surface area contributed by atoms with Crippen LogP contribution >= 0.6 is 11.6 Å². The highest BCUT2D eigenvalue weighted by atomic mass is 35.5. The highest BCUT2D eigenvalue weighted by Gasteiger charge is 2.09. The van der Waals surface area contributed by atoms with E-state index in [2.05, 4.69) is 0 Å². The Morgan fingerprint density at radius 3 is 2.00 bits per heavy atom. The van der Waals surface area contributed by atoms with Crippen LogP contribution in [0.1, 0.15) is 12.8 Å². The van der Waals surface area contributed by atoms with Gasteiger partial charge in [0.05, 0.1) is 11.9 Å². The Morgan fingerprint density at radius 1 is 1.27 bits per heavy atom. The lowest BCUT2D eigenvalue weighted by Crippen LogP contribution is -2.43. The summed E-state index contributed by atoms with van der Waals surface area (Å²) in [4.78, 5) is 20.1. The zero-order valence-electron chi connectivity index (χ0n) is 5.71. The molecule has 0 aliphatic heterocycles. The van der Waals surface area contributed by atoms with Gasteiger partial charge in [-0.2, -0.15) is 0 Å². The first-order chi connectivity index (χ1) is 5.09. The maximum Gasteiger partial charge on any atom is 0.0501 e. The van der Waals surface area contributed by atoms with Crippen molar-refractivity contribution in [1.82, 2.24) is 0 Å². The molecule has 0 atom stereocenters. The van der Waals surface area contributed by atoms with E-state index in [9.17, 15) is 19.8 Å². The normalized spacial score (nSPS) is 10.0. The van der Waals surface area contributed by atoms with Crippen LogP contribution in [-0.4, -0.2) is 17.8 Å². The van der Waals surface area contributed by atoms with Crippen molar-refractivity contribution in [3.8, 4) is 0 Å². The van der Waals surface area contributed by atoms with Crippen molar-refractivity contribution < 1.29 is 19.8 Å². The van der Waals surface area contributed by atoms with Gasteiger partial charge in [-0.3, -0.25) is 0 Å². The summed E-state index contributed by atoms with van der Waals surface area (Å²) in [6, 6.07) is 0. The Morgan fingerprint density at radius 2 is 1.73 bits per heavy atom. The molecule has 0 bridgehead atoms. The van der Waals surface area contributed by atoms with Crippen LogP contribution in [0.5, 0.6) is 0 Å². The van der Waals surface area contributed by atoms with Crippen LogP contribution in [0.2, 0.25) is 0 Å². The lowest BCUT2D eigenvalue weighted by Gasteiger charge is -2.17. The largest absolute Gasteiger partial charge is 0.549 e. The Kier molecular flexibility index (Phi) is 4.61. The van der Waals surface area contributed by atoms with E-state index in [0.717, 1.165) is 0 Å². The molecule has 11 heavy (non-hydrogen) atoms. The first-order valence-corrected chi connectivity index (χ1v) is 3.60. The van der Waals surface area contributed by atoms with Crippen molar-refractivity contribution in [1.29, 1.82) is 0 Å². The van der Waals surface area contributed by atoms with Gasteiger partial charge in [0.25, 0.3) is 0 Å². The maximum atomic E-state index is 10.1. The fourth-order valence-electron chi connectivity index (χ4n) is 0.613. The zero-order valence-corrected chi connectivity index (χ0v) is 6.47. The molecule has 0 saturated heterocycles. The van der Waals surface area contributed by atoms with Crippen LogP contribution in [0.3, 0.4) is 0 Å². The standard InChI is InChI=1S/C6H9ClO4/c7-3-1-2-4(5(8)9)6(10)11/h4H,1-3H2,(H,8,9)(H,10,11)/p-2. The first kappa shape index (κ1) is 10.2. The molecule has 0 unspecified atom stereocenters. The maximum absolute atomic E-state index is 10.1. The van der Waals surface area contributed by atoms with Gasteiger partial charge < -0.3 is 19.8 Å². The number of carbonyl (C=O) groups is 2. The molecular formula is C6H7ClO4-2. The quantitative estimate of drug-likeness (QED) is 0.365. The number of hydrogen-bond acceptors (Lipinski definition) is 4. The Hall–Kier alpha value is -0.770. The van der Waals surface area contributed by atoms with E-state index in [1.807, 2.05) is 0 Å². The number of carboxylic acid groups (broad SMARTS) is 2. The number of alkyl halides is 1. The lowest BCUT2D eigenvalue weighted by atomic mass is 10.1. The summed E-state index contributed by atoms with van der Waals surface area (Å²) in [5, 5.41) is 20.1. The van der Waals surface area contributed by atoms with Crippen LogP contribution in [0.4, 0.5) is 0 Å². The van der Waals surface area contributed by atoms with Gasteiger partial charge in [-0.15, -0.1) is 11.6 Å². The van der Waals surface area contributed by atoms with Crippen LogP contribution in [0.25, 0.3) is 0 Å². The Balaban J connectivity index is 3.90. The average molecular weight is 179 g/mol. The van der Waals surface area contributed by atoms with Gasteiger partial charge in [0.15, 0.2) is 0 Å². The van der Waals surface area contributed by atoms with Crippen LogP contribution in [0.15, 0.2) is 0 Å². The minimum atomic E-state index is -1.62. The lowest BCUT2D eigenvalue weighted by molar-refractivity contribution is -0.331. The zero-order chi connectivity index (χ0) is 8.85. The van der Waals surface area contributed by atoms with E-state index in [0.29, 0.717) is 6.42 Å². The third-order valence-electron chi connectivity index (χ3n) is 1.20. The third-order valence-corrected chi connectivity index (χ3v) is 1.46. The number of carboxylic acids is 2. The van der Waals surface area contributed by atoms with Crippen LogP contribution in [0, 0.1) is 5.92 Å². The molecular weight excluding hydrogens is 172 g/mol. The molecule has 0 N–H and O–H groups in total. The molecule has 0 rings (SSSR count). The Bertz CT molecular complexity index is 143. The SMILES string of the molecule is O=C([O-])C(CCCCl)C(=O)[O-]. The second-order valence-electron chi connectivity index (χ2n) is 2.02. The van der Waals surface area contributed by atoms with Crippen molar-refractivity contribution in [3.63, 3.8) is 0 Å². The second kappa shape index (κ2) is 4.96. The van der Waals surface area contributed by atoms with Gasteiger partial charge in [0.1, 0.15) is 0 Å². The molecule has 0 saturated carbocycles. The molecule has 0 radical (unpaired) electrons. The minimum absolute atomic E-state index is 0.0336. The highest BCUT2D eigenvalue weighted by molar-refractivity contribution is 6.17. The molecule has 4 nitrogen and oxygen atoms in total. The fraction of sp³-hybridized carbons (Fsp3) is 0.667. The first-order valence-electron chi connectivity index (χ1n) is 3.07. The van der Waals surface area contributed by atoms with Crippen molar-refractivity contribution in [2.24, 2.45) is 5.92 Å². The van der Waals surface area contributed by atoms with Gasteiger partial charge in [-0.05, 0) is 12.8 Å². The average Bonchev–Trinajstić information content (AvgIpc) is 1.87. The molecule has 0 aliphatic rings. The number of rotatable bonds is 5. The van der Waals surface area contributed by atoms with E-state index in [1.54, 1.807) is 0 Å². The summed E-state index contributed by atoms with van der Waals surface area (Å²) in [5.41, 5.74) is 0. The van der Waals surface area contributed by atoms with Crippen molar-refractivity contribution in [2.75, 3.05) is 5.88 Å². The summed E-state index contributed by atoms with van der Waals surface area (Å²) in [5.74, 6) is -4.53. The fourth-order valence-corrected chi connectivity index (χ4v) is 0.768. The molecule has 0 spiro atoms. The van der Waals surface area contributed by atoms with Crippen LogP contribution < -0.4 is 10.2 Å². The molecule has 0 aromatic rings. The van der Waals surface area contributed by atoms with Crippen molar-refractivity contribution in [2.45, 2.75) is 12.8 Å². The van der Waals surface area contributed by atoms with Crippen LogP contribution in [-0.2, 0) is 9.59 Å². The molecule has 0 heterocycles. The number of carbonyl (C=O) groups excluding carboxylic acids is 2. The summed E-state index contributed by atoms with van der Waals surface area (Å²) >= 11 is 5.23. The van der Waals surface area contributed by atoms with Crippen molar-refractivity contribution >= 4 is 23.5 Å². The number of aliphatic carboxylic acids is 2. The van der Waals surface area contributed by atoms with Gasteiger partial charge in [0.2, 0.25) is 0 Å². The number of hydrogen-bond donors (Lipinski definition) is 0. The molecule has 5 heteroatoms. The highest BCUT2D eigenvalue weighted by Crippen LogP contribution is 2.04.